The Bertz CT molecular complexity index is 650. The first-order chi connectivity index (χ1) is 11.4. The van der Waals surface area contributed by atoms with Crippen molar-refractivity contribution in [3.8, 4) is 5.75 Å². The third-order valence-electron chi connectivity index (χ3n) is 5.21. The Hall–Kier alpha value is -1.79. The van der Waals surface area contributed by atoms with Crippen LogP contribution < -0.4 is 10.1 Å². The van der Waals surface area contributed by atoms with Gasteiger partial charge < -0.3 is 20.3 Å². The molecule has 2 fully saturated rings. The molecule has 6 nitrogen and oxygen atoms in total. The number of piperidine rings is 1. The molecule has 4 atom stereocenters. The lowest BCUT2D eigenvalue weighted by atomic mass is 9.72. The Morgan fingerprint density at radius 2 is 1.92 bits per heavy atom. The summed E-state index contributed by atoms with van der Waals surface area (Å²) in [6.45, 7) is 2.59. The van der Waals surface area contributed by atoms with E-state index in [9.17, 15) is 19.8 Å². The Morgan fingerprint density at radius 3 is 2.60 bits per heavy atom. The molecule has 1 aromatic carbocycles. The number of halogens is 1. The van der Waals surface area contributed by atoms with Crippen LogP contribution in [0, 0.1) is 18.8 Å². The van der Waals surface area contributed by atoms with E-state index in [1.807, 2.05) is 13.0 Å². The van der Waals surface area contributed by atoms with Gasteiger partial charge in [0, 0.05) is 0 Å². The zero-order valence-electron chi connectivity index (χ0n) is 14.1. The van der Waals surface area contributed by atoms with Crippen LogP contribution in [-0.2, 0) is 4.79 Å². The van der Waals surface area contributed by atoms with Crippen LogP contribution in [0.1, 0.15) is 41.6 Å². The first-order valence-electron chi connectivity index (χ1n) is 8.41. The summed E-state index contributed by atoms with van der Waals surface area (Å²) < 4.78 is 6.00. The summed E-state index contributed by atoms with van der Waals surface area (Å²) in [5, 5.41) is 21.6. The molecule has 0 amide bonds. The van der Waals surface area contributed by atoms with Crippen LogP contribution in [-0.4, -0.2) is 40.8 Å². The van der Waals surface area contributed by atoms with Crippen molar-refractivity contribution in [1.29, 1.82) is 0 Å². The number of fused-ring (bicyclic) bond motifs is 1. The molecule has 1 saturated carbocycles. The molecule has 0 aromatic heterocycles. The summed E-state index contributed by atoms with van der Waals surface area (Å²) >= 11 is 0. The van der Waals surface area contributed by atoms with Crippen LogP contribution in [0.2, 0.25) is 0 Å². The second-order valence-corrected chi connectivity index (χ2v) is 6.91. The number of aliphatic carboxylic acids is 1. The van der Waals surface area contributed by atoms with Crippen LogP contribution in [0.3, 0.4) is 0 Å². The highest BCUT2D eigenvalue weighted by molar-refractivity contribution is 5.91. The van der Waals surface area contributed by atoms with E-state index in [2.05, 4.69) is 5.32 Å². The lowest BCUT2D eigenvalue weighted by molar-refractivity contribution is -0.141. The molecule has 1 aliphatic heterocycles. The fraction of sp³-hybridized carbons (Fsp3) is 0.556. The predicted molar refractivity (Wildman–Crippen MR) is 94.7 cm³/mol. The summed E-state index contributed by atoms with van der Waals surface area (Å²) in [4.78, 5) is 22.6. The van der Waals surface area contributed by atoms with Crippen LogP contribution in [0.15, 0.2) is 18.2 Å². The van der Waals surface area contributed by atoms with Gasteiger partial charge in [-0.05, 0) is 63.1 Å². The van der Waals surface area contributed by atoms with Gasteiger partial charge in [-0.15, -0.1) is 12.4 Å². The number of aryl methyl sites for hydroxylation is 1. The molecule has 3 rings (SSSR count). The van der Waals surface area contributed by atoms with Crippen molar-refractivity contribution < 1.29 is 24.5 Å². The smallest absolute Gasteiger partial charge is 0.339 e. The number of ether oxygens (including phenoxy) is 1. The molecule has 138 valence electrons. The monoisotopic (exact) mass is 369 g/mol. The van der Waals surface area contributed by atoms with Gasteiger partial charge in [0.15, 0.2) is 0 Å². The lowest BCUT2D eigenvalue weighted by Gasteiger charge is -2.41. The van der Waals surface area contributed by atoms with Gasteiger partial charge in [0.05, 0.1) is 6.10 Å². The minimum Gasteiger partial charge on any atom is -0.490 e. The fourth-order valence-electron chi connectivity index (χ4n) is 3.91. The molecule has 0 radical (unpaired) electrons. The van der Waals surface area contributed by atoms with Gasteiger partial charge in [-0.1, -0.05) is 11.6 Å². The van der Waals surface area contributed by atoms with E-state index < -0.39 is 18.0 Å². The molecule has 1 saturated heterocycles. The van der Waals surface area contributed by atoms with Gasteiger partial charge >= 0.3 is 11.9 Å². The van der Waals surface area contributed by atoms with Gasteiger partial charge in [0.1, 0.15) is 17.4 Å². The van der Waals surface area contributed by atoms with Gasteiger partial charge in [-0.25, -0.2) is 4.79 Å². The number of rotatable bonds is 4. The summed E-state index contributed by atoms with van der Waals surface area (Å²) in [5.74, 6) is -0.596. The summed E-state index contributed by atoms with van der Waals surface area (Å²) in [5.41, 5.74) is 1.07. The molecule has 0 spiro atoms. The molecule has 3 N–H and O–H groups in total. The summed E-state index contributed by atoms with van der Waals surface area (Å²) in [6.07, 6.45) is 3.18. The molecule has 0 bridgehead atoms. The molecule has 2 aliphatic rings. The van der Waals surface area contributed by atoms with E-state index in [0.29, 0.717) is 24.0 Å². The second kappa shape index (κ2) is 8.06. The highest BCUT2D eigenvalue weighted by Gasteiger charge is 2.38. The van der Waals surface area contributed by atoms with Crippen LogP contribution >= 0.6 is 12.4 Å². The number of carbonyl (C=O) groups is 2. The number of carboxylic acid groups (broad SMARTS) is 2. The maximum Gasteiger partial charge on any atom is 0.339 e. The molecule has 25 heavy (non-hydrogen) atoms. The van der Waals surface area contributed by atoms with Crippen LogP contribution in [0.4, 0.5) is 0 Å². The maximum atomic E-state index is 11.4. The highest BCUT2D eigenvalue weighted by Crippen LogP contribution is 2.37. The van der Waals surface area contributed by atoms with E-state index in [0.717, 1.165) is 31.4 Å². The highest BCUT2D eigenvalue weighted by atomic mass is 35.5. The zero-order valence-corrected chi connectivity index (χ0v) is 14.9. The van der Waals surface area contributed by atoms with E-state index >= 15 is 0 Å². The minimum atomic E-state index is -0.991. The minimum absolute atomic E-state index is 0. The van der Waals surface area contributed by atoms with E-state index in [1.165, 1.54) is 0 Å². The molecule has 0 unspecified atom stereocenters. The van der Waals surface area contributed by atoms with E-state index in [1.54, 1.807) is 12.1 Å². The maximum absolute atomic E-state index is 11.4. The Morgan fingerprint density at radius 1 is 1.16 bits per heavy atom. The number of hydrogen-bond donors (Lipinski definition) is 3. The number of aromatic carboxylic acids is 1. The number of benzene rings is 1. The first kappa shape index (κ1) is 19.5. The zero-order chi connectivity index (χ0) is 17.3. The van der Waals surface area contributed by atoms with Crippen molar-refractivity contribution in [3.05, 3.63) is 29.3 Å². The normalized spacial score (nSPS) is 28.4. The standard InChI is InChI=1S/C18H23NO5.ClH/c1-10-2-5-16(14(6-10)17(20)21)24-13-4-3-11-9-19-15(18(22)23)8-12(11)7-13;/h2,5-6,11-13,15,19H,3-4,7-9H2,1H3,(H,20,21)(H,22,23);1H/t11-,12+,13-,15-;/m0./s1. The van der Waals surface area contributed by atoms with E-state index in [4.69, 9.17) is 4.74 Å². The first-order valence-corrected chi connectivity index (χ1v) is 8.41. The molecule has 7 heteroatoms. The van der Waals surface area contributed by atoms with Gasteiger partial charge in [0.25, 0.3) is 0 Å². The van der Waals surface area contributed by atoms with Crippen molar-refractivity contribution >= 4 is 24.3 Å². The summed E-state index contributed by atoms with van der Waals surface area (Å²) in [6, 6.07) is 4.69. The SMILES string of the molecule is Cc1ccc(O[C@H]2CC[C@H]3CN[C@H](C(=O)O)C[C@H]3C2)c(C(=O)O)c1.Cl. The average molecular weight is 370 g/mol. The van der Waals surface area contributed by atoms with Crippen LogP contribution in [0.25, 0.3) is 0 Å². The third-order valence-corrected chi connectivity index (χ3v) is 5.21. The lowest BCUT2D eigenvalue weighted by Crippen LogP contribution is -2.50. The molecular formula is C18H24ClNO5. The summed E-state index contributed by atoms with van der Waals surface area (Å²) in [7, 11) is 0. The molecule has 1 aliphatic carbocycles. The average Bonchev–Trinajstić information content (AvgIpc) is 2.55. The molecular weight excluding hydrogens is 346 g/mol. The van der Waals surface area contributed by atoms with Gasteiger partial charge in [-0.2, -0.15) is 0 Å². The van der Waals surface area contributed by atoms with Crippen molar-refractivity contribution in [2.75, 3.05) is 6.54 Å². The van der Waals surface area contributed by atoms with Gasteiger partial charge in [-0.3, -0.25) is 4.79 Å². The number of carboxylic acids is 2. The number of nitrogens with one attached hydrogen (secondary N) is 1. The van der Waals surface area contributed by atoms with Crippen molar-refractivity contribution in [1.82, 2.24) is 5.32 Å². The Labute approximate surface area is 153 Å². The Balaban J connectivity index is 0.00000225. The fourth-order valence-corrected chi connectivity index (χ4v) is 3.91. The quantitative estimate of drug-likeness (QED) is 0.755. The van der Waals surface area contributed by atoms with Crippen molar-refractivity contribution in [2.45, 2.75) is 44.8 Å². The van der Waals surface area contributed by atoms with Crippen molar-refractivity contribution in [2.24, 2.45) is 11.8 Å². The third kappa shape index (κ3) is 4.44. The molecule has 1 aromatic rings. The van der Waals surface area contributed by atoms with Gasteiger partial charge in [0.2, 0.25) is 0 Å². The second-order valence-electron chi connectivity index (χ2n) is 6.91. The predicted octanol–water partition coefficient (Wildman–Crippen LogP) is 2.73. The Kier molecular flexibility index (Phi) is 6.30. The van der Waals surface area contributed by atoms with E-state index in [-0.39, 0.29) is 24.1 Å². The van der Waals surface area contributed by atoms with Crippen molar-refractivity contribution in [3.63, 3.8) is 0 Å². The topological polar surface area (TPSA) is 95.9 Å². The molecule has 1 heterocycles. The number of hydrogen-bond acceptors (Lipinski definition) is 4. The van der Waals surface area contributed by atoms with Crippen LogP contribution in [0.5, 0.6) is 5.75 Å². The largest absolute Gasteiger partial charge is 0.490 e.